The van der Waals surface area contributed by atoms with E-state index in [9.17, 15) is 4.79 Å². The number of benzene rings is 1. The average Bonchev–Trinajstić information content (AvgIpc) is 3.12. The molecule has 0 unspecified atom stereocenters. The largest absolute Gasteiger partial charge is 0.445 e. The van der Waals surface area contributed by atoms with E-state index < -0.39 is 6.09 Å². The Bertz CT molecular complexity index is 1060. The van der Waals surface area contributed by atoms with Crippen molar-refractivity contribution in [3.63, 3.8) is 0 Å². The van der Waals surface area contributed by atoms with Crippen LogP contribution in [0.5, 0.6) is 0 Å². The number of imidazole rings is 1. The van der Waals surface area contributed by atoms with E-state index in [1.807, 2.05) is 65.2 Å². The van der Waals surface area contributed by atoms with Gasteiger partial charge in [0.15, 0.2) is 0 Å². The van der Waals surface area contributed by atoms with Crippen molar-refractivity contribution in [3.05, 3.63) is 84.4 Å². The van der Waals surface area contributed by atoms with E-state index in [2.05, 4.69) is 20.3 Å². The Labute approximate surface area is 162 Å². The zero-order chi connectivity index (χ0) is 19.2. The number of carbonyl (C=O) groups excluding carboxylic acids is 1. The summed E-state index contributed by atoms with van der Waals surface area (Å²) in [6, 6.07) is 17.2. The van der Waals surface area contributed by atoms with Crippen LogP contribution < -0.4 is 5.32 Å². The van der Waals surface area contributed by atoms with Crippen molar-refractivity contribution >= 4 is 11.9 Å². The first-order chi connectivity index (χ1) is 13.8. The second-order valence-corrected chi connectivity index (χ2v) is 6.15. The van der Waals surface area contributed by atoms with Gasteiger partial charge in [-0.1, -0.05) is 36.4 Å². The van der Waals surface area contributed by atoms with Crippen LogP contribution in [-0.4, -0.2) is 32.0 Å². The van der Waals surface area contributed by atoms with Gasteiger partial charge in [0.05, 0.1) is 17.1 Å². The van der Waals surface area contributed by atoms with E-state index in [1.165, 1.54) is 0 Å². The summed E-state index contributed by atoms with van der Waals surface area (Å²) in [5.41, 5.74) is 3.45. The smallest absolute Gasteiger partial charge is 0.407 e. The summed E-state index contributed by atoms with van der Waals surface area (Å²) >= 11 is 0. The second kappa shape index (κ2) is 8.30. The summed E-state index contributed by atoms with van der Waals surface area (Å²) in [6.45, 7) is 0.640. The summed E-state index contributed by atoms with van der Waals surface area (Å²) in [5, 5.41) is 2.77. The van der Waals surface area contributed by atoms with Gasteiger partial charge in [-0.2, -0.15) is 0 Å². The molecule has 0 aliphatic rings. The highest BCUT2D eigenvalue weighted by Crippen LogP contribution is 2.22. The van der Waals surface area contributed by atoms with Crippen molar-refractivity contribution in [2.75, 3.05) is 6.54 Å². The molecular weight excluding hydrogens is 354 g/mol. The first-order valence-corrected chi connectivity index (χ1v) is 8.99. The highest BCUT2D eigenvalue weighted by atomic mass is 16.5. The number of aromatic nitrogens is 4. The lowest BCUT2D eigenvalue weighted by molar-refractivity contribution is 0.140. The molecule has 7 heteroatoms. The topological polar surface area (TPSA) is 81.4 Å². The molecule has 7 nitrogen and oxygen atoms in total. The van der Waals surface area contributed by atoms with E-state index >= 15 is 0 Å². The third-order valence-electron chi connectivity index (χ3n) is 4.23. The summed E-state index contributed by atoms with van der Waals surface area (Å²) in [6.07, 6.45) is 5.44. The van der Waals surface area contributed by atoms with Gasteiger partial charge in [-0.05, 0) is 23.8 Å². The third-order valence-corrected chi connectivity index (χ3v) is 4.23. The quantitative estimate of drug-likeness (QED) is 0.561. The Morgan fingerprint density at radius 3 is 2.64 bits per heavy atom. The number of amides is 1. The minimum atomic E-state index is -0.454. The number of nitrogens with one attached hydrogen (secondary N) is 1. The average molecular weight is 373 g/mol. The van der Waals surface area contributed by atoms with Crippen LogP contribution in [0.2, 0.25) is 0 Å². The van der Waals surface area contributed by atoms with Crippen LogP contribution in [0.1, 0.15) is 11.3 Å². The van der Waals surface area contributed by atoms with E-state index in [4.69, 9.17) is 4.74 Å². The van der Waals surface area contributed by atoms with E-state index in [0.29, 0.717) is 18.7 Å². The van der Waals surface area contributed by atoms with Crippen LogP contribution in [0.3, 0.4) is 0 Å². The van der Waals surface area contributed by atoms with Crippen molar-refractivity contribution in [2.24, 2.45) is 0 Å². The molecule has 1 amide bonds. The van der Waals surface area contributed by atoms with Gasteiger partial charge in [0.2, 0.25) is 5.78 Å². The van der Waals surface area contributed by atoms with Crippen LogP contribution in [-0.2, 0) is 17.8 Å². The third kappa shape index (κ3) is 3.98. The maximum atomic E-state index is 12.0. The van der Waals surface area contributed by atoms with Crippen LogP contribution in [0.25, 0.3) is 17.2 Å². The predicted molar refractivity (Wildman–Crippen MR) is 105 cm³/mol. The number of ether oxygens (including phenoxy) is 1. The van der Waals surface area contributed by atoms with Gasteiger partial charge in [-0.3, -0.25) is 9.38 Å². The minimum Gasteiger partial charge on any atom is -0.445 e. The fraction of sp³-hybridized carbons (Fsp3) is 0.143. The number of carbonyl (C=O) groups is 1. The first-order valence-electron chi connectivity index (χ1n) is 8.99. The molecule has 3 heterocycles. The Balaban J connectivity index is 1.43. The zero-order valence-electron chi connectivity index (χ0n) is 15.2. The Morgan fingerprint density at radius 1 is 1.00 bits per heavy atom. The molecule has 140 valence electrons. The summed E-state index contributed by atoms with van der Waals surface area (Å²) in [7, 11) is 0. The molecule has 1 aromatic carbocycles. The maximum absolute atomic E-state index is 12.0. The summed E-state index contributed by atoms with van der Waals surface area (Å²) in [5.74, 6) is 0.602. The predicted octanol–water partition coefficient (Wildman–Crippen LogP) is 3.26. The van der Waals surface area contributed by atoms with Gasteiger partial charge in [-0.15, -0.1) is 0 Å². The Morgan fingerprint density at radius 2 is 1.82 bits per heavy atom. The molecule has 0 saturated heterocycles. The van der Waals surface area contributed by atoms with E-state index in [1.54, 1.807) is 12.4 Å². The van der Waals surface area contributed by atoms with Crippen molar-refractivity contribution < 1.29 is 9.53 Å². The van der Waals surface area contributed by atoms with Gasteiger partial charge in [0, 0.05) is 31.6 Å². The lowest BCUT2D eigenvalue weighted by Crippen LogP contribution is -2.26. The molecule has 0 saturated carbocycles. The normalized spacial score (nSPS) is 10.7. The molecule has 0 bridgehead atoms. The van der Waals surface area contributed by atoms with E-state index in [-0.39, 0.29) is 6.61 Å². The lowest BCUT2D eigenvalue weighted by atomic mass is 10.2. The summed E-state index contributed by atoms with van der Waals surface area (Å²) < 4.78 is 7.15. The zero-order valence-corrected chi connectivity index (χ0v) is 15.2. The first kappa shape index (κ1) is 17.7. The van der Waals surface area contributed by atoms with Crippen molar-refractivity contribution in [1.82, 2.24) is 24.7 Å². The molecule has 0 spiro atoms. The van der Waals surface area contributed by atoms with Gasteiger partial charge in [0.25, 0.3) is 0 Å². The second-order valence-electron chi connectivity index (χ2n) is 6.15. The molecule has 28 heavy (non-hydrogen) atoms. The number of pyridine rings is 1. The van der Waals surface area contributed by atoms with Crippen molar-refractivity contribution in [1.29, 1.82) is 0 Å². The standard InChI is InChI=1S/C21H19N5O2/c27-21(28-15-16-7-2-1-3-8-16)24-13-10-18-19(17-9-4-5-11-22-17)26-14-6-12-23-20(26)25-18/h1-9,11-12,14H,10,13,15H2,(H,24,27). The van der Waals surface area contributed by atoms with E-state index in [0.717, 1.165) is 22.6 Å². The Hall–Kier alpha value is -3.74. The van der Waals surface area contributed by atoms with Gasteiger partial charge in [0.1, 0.15) is 6.61 Å². The monoisotopic (exact) mass is 373 g/mol. The minimum absolute atomic E-state index is 0.240. The maximum Gasteiger partial charge on any atom is 0.407 e. The number of hydrogen-bond acceptors (Lipinski definition) is 5. The molecule has 0 aliphatic carbocycles. The molecule has 0 fully saturated rings. The molecule has 0 aliphatic heterocycles. The highest BCUT2D eigenvalue weighted by molar-refractivity contribution is 5.67. The molecule has 0 atom stereocenters. The number of alkyl carbamates (subject to hydrolysis) is 1. The highest BCUT2D eigenvalue weighted by Gasteiger charge is 2.15. The van der Waals surface area contributed by atoms with Crippen LogP contribution >= 0.6 is 0 Å². The molecule has 4 aromatic rings. The molecule has 0 radical (unpaired) electrons. The Kier molecular flexibility index (Phi) is 5.24. The van der Waals surface area contributed by atoms with Gasteiger partial charge in [-0.25, -0.2) is 14.8 Å². The van der Waals surface area contributed by atoms with Crippen LogP contribution in [0, 0.1) is 0 Å². The lowest BCUT2D eigenvalue weighted by Gasteiger charge is -2.07. The molecule has 3 aromatic heterocycles. The SMILES string of the molecule is O=C(NCCc1nc2ncccn2c1-c1ccccn1)OCc1ccccc1. The van der Waals surface area contributed by atoms with Crippen molar-refractivity contribution in [2.45, 2.75) is 13.0 Å². The van der Waals surface area contributed by atoms with Gasteiger partial charge < -0.3 is 10.1 Å². The number of fused-ring (bicyclic) bond motifs is 1. The van der Waals surface area contributed by atoms with Crippen LogP contribution in [0.15, 0.2) is 73.2 Å². The fourth-order valence-electron chi connectivity index (χ4n) is 2.94. The van der Waals surface area contributed by atoms with Crippen LogP contribution in [0.4, 0.5) is 4.79 Å². The molecular formula is C21H19N5O2. The fourth-order valence-corrected chi connectivity index (χ4v) is 2.94. The summed E-state index contributed by atoms with van der Waals surface area (Å²) in [4.78, 5) is 25.3. The number of hydrogen-bond donors (Lipinski definition) is 1. The molecule has 4 rings (SSSR count). The number of nitrogens with zero attached hydrogens (tertiary/aromatic N) is 4. The number of rotatable bonds is 6. The van der Waals surface area contributed by atoms with Crippen molar-refractivity contribution in [3.8, 4) is 11.4 Å². The van der Waals surface area contributed by atoms with Gasteiger partial charge >= 0.3 is 6.09 Å². The molecule has 1 N–H and O–H groups in total.